The number of aldehydes is 1. The summed E-state index contributed by atoms with van der Waals surface area (Å²) in [5, 5.41) is 9.06. The first-order chi connectivity index (χ1) is 9.19. The van der Waals surface area contributed by atoms with E-state index in [2.05, 4.69) is 11.8 Å². The van der Waals surface area contributed by atoms with Crippen LogP contribution in [0.2, 0.25) is 0 Å². The van der Waals surface area contributed by atoms with Gasteiger partial charge in [-0.3, -0.25) is 4.90 Å². The molecule has 0 bridgehead atoms. The minimum absolute atomic E-state index is 0.108. The summed E-state index contributed by atoms with van der Waals surface area (Å²) < 4.78 is 0. The molecule has 1 N–H and O–H groups in total. The van der Waals surface area contributed by atoms with Crippen LogP contribution in [0.25, 0.3) is 0 Å². The van der Waals surface area contributed by atoms with E-state index in [1.807, 2.05) is 0 Å². The third-order valence-corrected chi connectivity index (χ3v) is 5.09. The number of aliphatic hydroxyl groups excluding tert-OH is 1. The number of hydrogen-bond acceptors (Lipinski definition) is 3. The molecule has 0 heterocycles. The summed E-state index contributed by atoms with van der Waals surface area (Å²) >= 11 is 0. The molecule has 2 rings (SSSR count). The lowest BCUT2D eigenvalue weighted by Crippen LogP contribution is -2.49. The van der Waals surface area contributed by atoms with Crippen LogP contribution in [-0.2, 0) is 4.79 Å². The van der Waals surface area contributed by atoms with Crippen molar-refractivity contribution in [3.05, 3.63) is 0 Å². The van der Waals surface area contributed by atoms with E-state index in [4.69, 9.17) is 5.11 Å². The average molecular weight is 267 g/mol. The Kier molecular flexibility index (Phi) is 5.40. The Balaban J connectivity index is 1.97. The minimum atomic E-state index is -0.108. The van der Waals surface area contributed by atoms with Crippen molar-refractivity contribution >= 4 is 6.29 Å². The Morgan fingerprint density at radius 3 is 2.63 bits per heavy atom. The second-order valence-corrected chi connectivity index (χ2v) is 6.81. The highest BCUT2D eigenvalue weighted by Gasteiger charge is 2.38. The molecule has 2 fully saturated rings. The van der Waals surface area contributed by atoms with Gasteiger partial charge in [-0.15, -0.1) is 0 Å². The molecule has 110 valence electrons. The number of rotatable bonds is 7. The van der Waals surface area contributed by atoms with E-state index >= 15 is 0 Å². The Hall–Kier alpha value is -0.410. The van der Waals surface area contributed by atoms with Crippen LogP contribution in [0.4, 0.5) is 0 Å². The highest BCUT2D eigenvalue weighted by atomic mass is 16.3. The Morgan fingerprint density at radius 2 is 2.11 bits per heavy atom. The summed E-state index contributed by atoms with van der Waals surface area (Å²) in [6.07, 6.45) is 10.5. The summed E-state index contributed by atoms with van der Waals surface area (Å²) in [5.41, 5.74) is -0.108. The molecule has 2 aliphatic carbocycles. The lowest BCUT2D eigenvalue weighted by Gasteiger charge is -2.44. The SMILES string of the molecule is CC1CCCC(C=O)(CN(CCCO)C2CCC2)C1. The van der Waals surface area contributed by atoms with E-state index in [0.29, 0.717) is 12.0 Å². The number of hydrogen-bond donors (Lipinski definition) is 1. The molecule has 0 radical (unpaired) electrons. The lowest BCUT2D eigenvalue weighted by molar-refractivity contribution is -0.121. The van der Waals surface area contributed by atoms with Crippen molar-refractivity contribution in [1.82, 2.24) is 4.90 Å². The van der Waals surface area contributed by atoms with Crippen LogP contribution in [0, 0.1) is 11.3 Å². The van der Waals surface area contributed by atoms with Gasteiger partial charge in [0.15, 0.2) is 0 Å². The quantitative estimate of drug-likeness (QED) is 0.721. The molecule has 19 heavy (non-hydrogen) atoms. The van der Waals surface area contributed by atoms with Gasteiger partial charge < -0.3 is 9.90 Å². The normalized spacial score (nSPS) is 32.3. The third kappa shape index (κ3) is 3.79. The molecule has 0 spiro atoms. The van der Waals surface area contributed by atoms with Gasteiger partial charge in [-0.1, -0.05) is 26.2 Å². The zero-order valence-electron chi connectivity index (χ0n) is 12.3. The van der Waals surface area contributed by atoms with Crippen LogP contribution < -0.4 is 0 Å². The predicted molar refractivity (Wildman–Crippen MR) is 77.0 cm³/mol. The van der Waals surface area contributed by atoms with Crippen molar-refractivity contribution in [3.8, 4) is 0 Å². The fourth-order valence-corrected chi connectivity index (χ4v) is 3.81. The third-order valence-electron chi connectivity index (χ3n) is 5.09. The van der Waals surface area contributed by atoms with Gasteiger partial charge in [0.25, 0.3) is 0 Å². The number of aliphatic hydroxyl groups is 1. The van der Waals surface area contributed by atoms with Crippen LogP contribution in [0.1, 0.15) is 58.3 Å². The molecule has 2 aliphatic rings. The molecule has 0 aromatic rings. The second kappa shape index (κ2) is 6.85. The largest absolute Gasteiger partial charge is 0.396 e. The molecular weight excluding hydrogens is 238 g/mol. The molecule has 0 aromatic carbocycles. The van der Waals surface area contributed by atoms with Crippen LogP contribution in [-0.4, -0.2) is 42.0 Å². The minimum Gasteiger partial charge on any atom is -0.396 e. The van der Waals surface area contributed by atoms with Crippen LogP contribution in [0.3, 0.4) is 0 Å². The summed E-state index contributed by atoms with van der Waals surface area (Å²) in [5.74, 6) is 0.681. The summed E-state index contributed by atoms with van der Waals surface area (Å²) in [7, 11) is 0. The molecule has 3 heteroatoms. The Bertz CT molecular complexity index is 290. The maximum absolute atomic E-state index is 11.7. The number of nitrogens with zero attached hydrogens (tertiary/aromatic N) is 1. The lowest BCUT2D eigenvalue weighted by atomic mass is 9.70. The van der Waals surface area contributed by atoms with E-state index in [9.17, 15) is 4.79 Å². The van der Waals surface area contributed by atoms with Gasteiger partial charge in [-0.05, 0) is 38.0 Å². The van der Waals surface area contributed by atoms with Gasteiger partial charge >= 0.3 is 0 Å². The number of carbonyl (C=O) groups excluding carboxylic acids is 1. The van der Waals surface area contributed by atoms with Crippen LogP contribution >= 0.6 is 0 Å². The zero-order valence-corrected chi connectivity index (χ0v) is 12.3. The maximum atomic E-state index is 11.7. The molecule has 0 saturated heterocycles. The highest BCUT2D eigenvalue weighted by molar-refractivity contribution is 5.60. The average Bonchev–Trinajstić information content (AvgIpc) is 2.34. The molecule has 0 aromatic heterocycles. The standard InChI is InChI=1S/C16H29NO2/c1-14-5-3-8-16(11-14,13-19)12-17(9-4-10-18)15-6-2-7-15/h13-15,18H,2-12H2,1H3. The fraction of sp³-hybridized carbons (Fsp3) is 0.938. The summed E-state index contributed by atoms with van der Waals surface area (Å²) in [4.78, 5) is 14.2. The summed E-state index contributed by atoms with van der Waals surface area (Å²) in [6, 6.07) is 0.667. The van der Waals surface area contributed by atoms with E-state index in [-0.39, 0.29) is 12.0 Å². The van der Waals surface area contributed by atoms with Crippen LogP contribution in [0.5, 0.6) is 0 Å². The molecule has 0 amide bonds. The first-order valence-corrected chi connectivity index (χ1v) is 8.00. The van der Waals surface area contributed by atoms with Crippen LogP contribution in [0.15, 0.2) is 0 Å². The maximum Gasteiger partial charge on any atom is 0.127 e. The second-order valence-electron chi connectivity index (χ2n) is 6.81. The topological polar surface area (TPSA) is 40.5 Å². The molecular formula is C16H29NO2. The van der Waals surface area contributed by atoms with E-state index < -0.39 is 0 Å². The van der Waals surface area contributed by atoms with Crippen molar-refractivity contribution in [2.24, 2.45) is 11.3 Å². The van der Waals surface area contributed by atoms with Crippen molar-refractivity contribution in [2.45, 2.75) is 64.3 Å². The van der Waals surface area contributed by atoms with E-state index in [1.54, 1.807) is 0 Å². The molecule has 2 atom stereocenters. The van der Waals surface area contributed by atoms with Crippen molar-refractivity contribution in [3.63, 3.8) is 0 Å². The Morgan fingerprint density at radius 1 is 1.32 bits per heavy atom. The van der Waals surface area contributed by atoms with Gasteiger partial charge in [0.2, 0.25) is 0 Å². The predicted octanol–water partition coefficient (Wildman–Crippen LogP) is 2.62. The number of carbonyl (C=O) groups is 1. The van der Waals surface area contributed by atoms with Gasteiger partial charge in [0.05, 0.1) is 0 Å². The van der Waals surface area contributed by atoms with Crippen molar-refractivity contribution in [1.29, 1.82) is 0 Å². The summed E-state index contributed by atoms with van der Waals surface area (Å²) in [6.45, 7) is 4.41. The molecule has 0 aliphatic heterocycles. The highest BCUT2D eigenvalue weighted by Crippen LogP contribution is 2.40. The van der Waals surface area contributed by atoms with Gasteiger partial charge in [0, 0.05) is 31.2 Å². The smallest absolute Gasteiger partial charge is 0.127 e. The van der Waals surface area contributed by atoms with Crippen molar-refractivity contribution < 1.29 is 9.90 Å². The Labute approximate surface area is 117 Å². The molecule has 2 unspecified atom stereocenters. The first kappa shape index (κ1) is 15.0. The first-order valence-electron chi connectivity index (χ1n) is 8.00. The van der Waals surface area contributed by atoms with Gasteiger partial charge in [-0.2, -0.15) is 0 Å². The van der Waals surface area contributed by atoms with Gasteiger partial charge in [0.1, 0.15) is 6.29 Å². The van der Waals surface area contributed by atoms with E-state index in [0.717, 1.165) is 32.4 Å². The fourth-order valence-electron chi connectivity index (χ4n) is 3.81. The molecule has 3 nitrogen and oxygen atoms in total. The zero-order chi connectivity index (χ0) is 13.7. The monoisotopic (exact) mass is 267 g/mol. The van der Waals surface area contributed by atoms with Crippen molar-refractivity contribution in [2.75, 3.05) is 19.7 Å². The molecule has 2 saturated carbocycles. The van der Waals surface area contributed by atoms with E-state index in [1.165, 1.54) is 38.4 Å². The van der Waals surface area contributed by atoms with Gasteiger partial charge in [-0.25, -0.2) is 0 Å².